The number of thioether (sulfide) groups is 1. The third kappa shape index (κ3) is 4.24. The standard InChI is InChI=1S/C11H14Cl2N2S/c1-7(2)14-11(16-3)15-8-4-5-9(12)10(13)6-8/h4-7H,1-3H3,(H,14,15). The van der Waals surface area contributed by atoms with Gasteiger partial charge in [0.1, 0.15) is 0 Å². The summed E-state index contributed by atoms with van der Waals surface area (Å²) in [5.41, 5.74) is 0.892. The van der Waals surface area contributed by atoms with Crippen molar-refractivity contribution in [3.63, 3.8) is 0 Å². The molecule has 1 aromatic rings. The fraction of sp³-hybridized carbons (Fsp3) is 0.364. The van der Waals surface area contributed by atoms with Crippen molar-refractivity contribution in [2.45, 2.75) is 19.9 Å². The highest BCUT2D eigenvalue weighted by atomic mass is 35.5. The SMILES string of the molecule is CSC(=NC(C)C)Nc1ccc(Cl)c(Cl)c1. The number of halogens is 2. The molecule has 0 saturated carbocycles. The minimum atomic E-state index is 0.262. The first-order chi connectivity index (χ1) is 7.52. The van der Waals surface area contributed by atoms with Crippen LogP contribution in [0.25, 0.3) is 0 Å². The monoisotopic (exact) mass is 276 g/mol. The van der Waals surface area contributed by atoms with Crippen molar-refractivity contribution in [2.75, 3.05) is 11.6 Å². The Balaban J connectivity index is 2.82. The van der Waals surface area contributed by atoms with Crippen molar-refractivity contribution >= 4 is 45.8 Å². The number of nitrogens with one attached hydrogen (secondary N) is 1. The molecule has 0 radical (unpaired) electrons. The van der Waals surface area contributed by atoms with Gasteiger partial charge in [-0.2, -0.15) is 0 Å². The molecule has 5 heteroatoms. The molecule has 0 aliphatic heterocycles. The fourth-order valence-corrected chi connectivity index (χ4v) is 1.90. The molecule has 16 heavy (non-hydrogen) atoms. The molecular formula is C11H14Cl2N2S. The van der Waals surface area contributed by atoms with Crippen molar-refractivity contribution < 1.29 is 0 Å². The zero-order valence-corrected chi connectivity index (χ0v) is 11.7. The summed E-state index contributed by atoms with van der Waals surface area (Å²) in [5.74, 6) is 0. The van der Waals surface area contributed by atoms with Crippen LogP contribution in [-0.2, 0) is 0 Å². The second kappa shape index (κ2) is 6.38. The summed E-state index contributed by atoms with van der Waals surface area (Å²) in [7, 11) is 0. The molecule has 1 rings (SSSR count). The molecule has 1 aromatic carbocycles. The van der Waals surface area contributed by atoms with Crippen molar-refractivity contribution in [1.29, 1.82) is 0 Å². The first-order valence-corrected chi connectivity index (χ1v) is 6.85. The molecular weight excluding hydrogens is 263 g/mol. The van der Waals surface area contributed by atoms with E-state index in [0.29, 0.717) is 10.0 Å². The summed E-state index contributed by atoms with van der Waals surface area (Å²) in [6.45, 7) is 4.07. The van der Waals surface area contributed by atoms with E-state index in [1.807, 2.05) is 26.2 Å². The van der Waals surface area contributed by atoms with E-state index in [0.717, 1.165) is 10.9 Å². The molecule has 0 amide bonds. The van der Waals surface area contributed by atoms with E-state index in [-0.39, 0.29) is 6.04 Å². The van der Waals surface area contributed by atoms with E-state index in [2.05, 4.69) is 10.3 Å². The summed E-state index contributed by atoms with van der Waals surface area (Å²) in [4.78, 5) is 4.44. The smallest absolute Gasteiger partial charge is 0.161 e. The van der Waals surface area contributed by atoms with Crippen molar-refractivity contribution in [3.05, 3.63) is 28.2 Å². The molecule has 2 nitrogen and oxygen atoms in total. The van der Waals surface area contributed by atoms with Crippen molar-refractivity contribution in [2.24, 2.45) is 4.99 Å². The zero-order chi connectivity index (χ0) is 12.1. The number of amidine groups is 1. The van der Waals surface area contributed by atoms with E-state index in [4.69, 9.17) is 23.2 Å². The molecule has 88 valence electrons. The van der Waals surface area contributed by atoms with Gasteiger partial charge in [0.25, 0.3) is 0 Å². The van der Waals surface area contributed by atoms with Gasteiger partial charge >= 0.3 is 0 Å². The second-order valence-corrected chi connectivity index (χ2v) is 5.10. The molecule has 0 heterocycles. The van der Waals surface area contributed by atoms with Gasteiger partial charge in [0, 0.05) is 11.7 Å². The average Bonchev–Trinajstić information content (AvgIpc) is 2.22. The molecule has 0 spiro atoms. The van der Waals surface area contributed by atoms with E-state index >= 15 is 0 Å². The Labute approximate surface area is 110 Å². The lowest BCUT2D eigenvalue weighted by molar-refractivity contribution is 0.839. The number of anilines is 1. The largest absolute Gasteiger partial charge is 0.335 e. The highest BCUT2D eigenvalue weighted by molar-refractivity contribution is 8.13. The fourth-order valence-electron chi connectivity index (χ4n) is 1.07. The molecule has 1 N–H and O–H groups in total. The molecule has 0 unspecified atom stereocenters. The lowest BCUT2D eigenvalue weighted by Gasteiger charge is -2.09. The number of rotatable bonds is 2. The van der Waals surface area contributed by atoms with Crippen LogP contribution in [0.2, 0.25) is 10.0 Å². The number of hydrogen-bond donors (Lipinski definition) is 1. The van der Waals surface area contributed by atoms with Gasteiger partial charge in [-0.1, -0.05) is 35.0 Å². The van der Waals surface area contributed by atoms with Crippen LogP contribution >= 0.6 is 35.0 Å². The Morgan fingerprint density at radius 2 is 2.00 bits per heavy atom. The summed E-state index contributed by atoms with van der Waals surface area (Å²) >= 11 is 13.3. The number of hydrogen-bond acceptors (Lipinski definition) is 2. The summed E-state index contributed by atoms with van der Waals surface area (Å²) in [6.07, 6.45) is 1.98. The third-order valence-corrected chi connectivity index (χ3v) is 3.07. The first-order valence-electron chi connectivity index (χ1n) is 4.86. The predicted octanol–water partition coefficient (Wildman–Crippen LogP) is 4.53. The number of benzene rings is 1. The van der Waals surface area contributed by atoms with Gasteiger partial charge in [-0.25, -0.2) is 0 Å². The van der Waals surface area contributed by atoms with Crippen LogP contribution in [0.4, 0.5) is 5.69 Å². The lowest BCUT2D eigenvalue weighted by Crippen LogP contribution is -2.09. The van der Waals surface area contributed by atoms with Gasteiger partial charge in [0.2, 0.25) is 0 Å². The second-order valence-electron chi connectivity index (χ2n) is 3.49. The number of nitrogens with zero attached hydrogens (tertiary/aromatic N) is 1. The molecule has 0 saturated heterocycles. The van der Waals surface area contributed by atoms with Crippen LogP contribution < -0.4 is 5.32 Å². The average molecular weight is 277 g/mol. The molecule has 0 aromatic heterocycles. The Kier molecular flexibility index (Phi) is 5.46. The van der Waals surface area contributed by atoms with Gasteiger partial charge in [-0.05, 0) is 38.3 Å². The van der Waals surface area contributed by atoms with Gasteiger partial charge in [-0.3, -0.25) is 4.99 Å². The molecule has 0 fully saturated rings. The third-order valence-electron chi connectivity index (χ3n) is 1.74. The van der Waals surface area contributed by atoms with Crippen molar-refractivity contribution in [3.8, 4) is 0 Å². The summed E-state index contributed by atoms with van der Waals surface area (Å²) in [5, 5.41) is 5.16. The van der Waals surface area contributed by atoms with Crippen LogP contribution in [0.5, 0.6) is 0 Å². The summed E-state index contributed by atoms with van der Waals surface area (Å²) in [6, 6.07) is 5.69. The van der Waals surface area contributed by atoms with Crippen LogP contribution in [0.3, 0.4) is 0 Å². The molecule has 0 bridgehead atoms. The highest BCUT2D eigenvalue weighted by Gasteiger charge is 2.02. The molecule has 0 aliphatic rings. The minimum absolute atomic E-state index is 0.262. The maximum absolute atomic E-state index is 5.93. The van der Waals surface area contributed by atoms with Crippen molar-refractivity contribution in [1.82, 2.24) is 0 Å². The Bertz CT molecular complexity index is 392. The number of aliphatic imine (C=N–C) groups is 1. The van der Waals surface area contributed by atoms with Crippen LogP contribution in [0.15, 0.2) is 23.2 Å². The van der Waals surface area contributed by atoms with Crippen LogP contribution in [-0.4, -0.2) is 17.5 Å². The Morgan fingerprint density at radius 1 is 1.31 bits per heavy atom. The van der Waals surface area contributed by atoms with Crippen LogP contribution in [0.1, 0.15) is 13.8 Å². The Hall–Kier alpha value is -0.380. The first kappa shape index (κ1) is 13.7. The summed E-state index contributed by atoms with van der Waals surface area (Å²) < 4.78 is 0. The van der Waals surface area contributed by atoms with E-state index < -0.39 is 0 Å². The topological polar surface area (TPSA) is 24.4 Å². The quantitative estimate of drug-likeness (QED) is 0.634. The van der Waals surface area contributed by atoms with E-state index in [1.165, 1.54) is 0 Å². The maximum atomic E-state index is 5.93. The molecule has 0 atom stereocenters. The minimum Gasteiger partial charge on any atom is -0.335 e. The predicted molar refractivity (Wildman–Crippen MR) is 76.2 cm³/mol. The Morgan fingerprint density at radius 3 is 2.50 bits per heavy atom. The van der Waals surface area contributed by atoms with Gasteiger partial charge < -0.3 is 5.32 Å². The molecule has 0 aliphatic carbocycles. The van der Waals surface area contributed by atoms with E-state index in [9.17, 15) is 0 Å². The zero-order valence-electron chi connectivity index (χ0n) is 9.42. The van der Waals surface area contributed by atoms with Gasteiger partial charge in [0.15, 0.2) is 5.17 Å². The maximum Gasteiger partial charge on any atom is 0.161 e. The van der Waals surface area contributed by atoms with E-state index in [1.54, 1.807) is 23.9 Å². The van der Waals surface area contributed by atoms with Gasteiger partial charge in [0.05, 0.1) is 10.0 Å². The van der Waals surface area contributed by atoms with Crippen LogP contribution in [0, 0.1) is 0 Å². The van der Waals surface area contributed by atoms with Gasteiger partial charge in [-0.15, -0.1) is 0 Å². The lowest BCUT2D eigenvalue weighted by atomic mass is 10.3. The normalized spacial score (nSPS) is 12.0. The highest BCUT2D eigenvalue weighted by Crippen LogP contribution is 2.25.